The number of carbonyl (C=O) groups excluding carboxylic acids is 1. The van der Waals surface area contributed by atoms with Crippen molar-refractivity contribution in [2.45, 2.75) is 39.5 Å². The number of carbonyl (C=O) groups is 1. The van der Waals surface area contributed by atoms with Crippen molar-refractivity contribution in [2.24, 2.45) is 0 Å². The second-order valence-corrected chi connectivity index (χ2v) is 5.68. The minimum Gasteiger partial charge on any atom is -0.494 e. The molecule has 0 bridgehead atoms. The molecule has 0 aliphatic carbocycles. The van der Waals surface area contributed by atoms with Gasteiger partial charge in [-0.3, -0.25) is 4.79 Å². The summed E-state index contributed by atoms with van der Waals surface area (Å²) in [5, 5.41) is 3.52. The van der Waals surface area contributed by atoms with Crippen LogP contribution in [0.5, 0.6) is 5.75 Å². The second kappa shape index (κ2) is 7.24. The summed E-state index contributed by atoms with van der Waals surface area (Å²) >= 11 is 1.48. The minimum absolute atomic E-state index is 0.0355. The zero-order valence-electron chi connectivity index (χ0n) is 11.9. The van der Waals surface area contributed by atoms with Crippen molar-refractivity contribution in [3.8, 4) is 5.75 Å². The fourth-order valence-corrected chi connectivity index (χ4v) is 2.70. The van der Waals surface area contributed by atoms with Gasteiger partial charge in [-0.05, 0) is 31.0 Å². The summed E-state index contributed by atoms with van der Waals surface area (Å²) in [5.41, 5.74) is 0.893. The molecular weight excluding hydrogens is 272 g/mol. The largest absolute Gasteiger partial charge is 0.494 e. The predicted molar refractivity (Wildman–Crippen MR) is 83.6 cm³/mol. The summed E-state index contributed by atoms with van der Waals surface area (Å²) in [5.74, 6) is 0.889. The Bertz CT molecular complexity index is 580. The van der Waals surface area contributed by atoms with Gasteiger partial charge in [0.25, 0.3) is 0 Å². The van der Waals surface area contributed by atoms with Crippen molar-refractivity contribution in [3.63, 3.8) is 0 Å². The highest BCUT2D eigenvalue weighted by molar-refractivity contribution is 7.22. The van der Waals surface area contributed by atoms with Crippen molar-refractivity contribution < 1.29 is 9.53 Å². The summed E-state index contributed by atoms with van der Waals surface area (Å²) in [7, 11) is 0. The van der Waals surface area contributed by atoms with Crippen LogP contribution in [0.15, 0.2) is 18.2 Å². The molecule has 0 saturated heterocycles. The number of anilines is 1. The number of benzene rings is 1. The molecule has 0 spiro atoms. The molecule has 1 heterocycles. The maximum absolute atomic E-state index is 11.7. The van der Waals surface area contributed by atoms with Gasteiger partial charge in [-0.25, -0.2) is 4.98 Å². The van der Waals surface area contributed by atoms with Crippen molar-refractivity contribution in [3.05, 3.63) is 18.2 Å². The molecule has 20 heavy (non-hydrogen) atoms. The highest BCUT2D eigenvalue weighted by atomic mass is 32.1. The maximum atomic E-state index is 11.7. The third-order valence-corrected chi connectivity index (χ3v) is 3.77. The average Bonchev–Trinajstić information content (AvgIpc) is 2.84. The molecule has 1 N–H and O–H groups in total. The first-order valence-electron chi connectivity index (χ1n) is 7.06. The molecule has 1 aromatic heterocycles. The first kappa shape index (κ1) is 14.8. The Morgan fingerprint density at radius 3 is 2.95 bits per heavy atom. The van der Waals surface area contributed by atoms with Crippen LogP contribution in [0.3, 0.4) is 0 Å². The Labute approximate surface area is 123 Å². The van der Waals surface area contributed by atoms with Gasteiger partial charge in [-0.1, -0.05) is 31.6 Å². The lowest BCUT2D eigenvalue weighted by Gasteiger charge is -2.02. The summed E-state index contributed by atoms with van der Waals surface area (Å²) in [4.78, 5) is 16.1. The quantitative estimate of drug-likeness (QED) is 0.831. The number of rotatable bonds is 7. The third-order valence-electron chi connectivity index (χ3n) is 2.84. The molecule has 0 atom stereocenters. The molecule has 0 radical (unpaired) electrons. The SMILES string of the molecule is CCCCC(=O)Nc1nc2ccc(OCCC)cc2s1. The van der Waals surface area contributed by atoms with Crippen LogP contribution >= 0.6 is 11.3 Å². The Kier molecular flexibility index (Phi) is 5.35. The molecule has 0 fully saturated rings. The van der Waals surface area contributed by atoms with E-state index < -0.39 is 0 Å². The lowest BCUT2D eigenvalue weighted by Crippen LogP contribution is -2.10. The fourth-order valence-electron chi connectivity index (χ4n) is 1.79. The number of nitrogens with zero attached hydrogens (tertiary/aromatic N) is 1. The van der Waals surface area contributed by atoms with E-state index in [1.165, 1.54) is 11.3 Å². The van der Waals surface area contributed by atoms with E-state index in [0.29, 0.717) is 18.2 Å². The van der Waals surface area contributed by atoms with Crippen LogP contribution < -0.4 is 10.1 Å². The third kappa shape index (κ3) is 3.93. The van der Waals surface area contributed by atoms with Crippen LogP contribution in [0.25, 0.3) is 10.2 Å². The van der Waals surface area contributed by atoms with E-state index in [1.807, 2.05) is 18.2 Å². The molecule has 0 unspecified atom stereocenters. The predicted octanol–water partition coefficient (Wildman–Crippen LogP) is 4.21. The zero-order chi connectivity index (χ0) is 14.4. The van der Waals surface area contributed by atoms with Gasteiger partial charge < -0.3 is 10.1 Å². The Balaban J connectivity index is 2.06. The van der Waals surface area contributed by atoms with Gasteiger partial charge >= 0.3 is 0 Å². The molecule has 2 rings (SSSR count). The Morgan fingerprint density at radius 2 is 2.20 bits per heavy atom. The van der Waals surface area contributed by atoms with E-state index in [0.717, 1.165) is 35.2 Å². The average molecular weight is 292 g/mol. The summed E-state index contributed by atoms with van der Waals surface area (Å²) in [6, 6.07) is 5.82. The van der Waals surface area contributed by atoms with Crippen molar-refractivity contribution in [1.82, 2.24) is 4.98 Å². The number of unbranched alkanes of at least 4 members (excludes halogenated alkanes) is 1. The number of hydrogen-bond donors (Lipinski definition) is 1. The molecule has 2 aromatic rings. The standard InChI is InChI=1S/C15H20N2O2S/c1-3-5-6-14(18)17-15-16-12-8-7-11(19-9-4-2)10-13(12)20-15/h7-8,10H,3-6,9H2,1-2H3,(H,16,17,18). The van der Waals surface area contributed by atoms with Crippen LogP contribution in [-0.4, -0.2) is 17.5 Å². The molecule has 0 aliphatic rings. The van der Waals surface area contributed by atoms with Crippen molar-refractivity contribution in [1.29, 1.82) is 0 Å². The maximum Gasteiger partial charge on any atom is 0.226 e. The minimum atomic E-state index is 0.0355. The number of thiazole rings is 1. The lowest BCUT2D eigenvalue weighted by atomic mass is 10.2. The number of fused-ring (bicyclic) bond motifs is 1. The van der Waals surface area contributed by atoms with E-state index >= 15 is 0 Å². The van der Waals surface area contributed by atoms with Crippen LogP contribution in [0, 0.1) is 0 Å². The molecule has 1 amide bonds. The zero-order valence-corrected chi connectivity index (χ0v) is 12.8. The number of ether oxygens (including phenoxy) is 1. The van der Waals surface area contributed by atoms with E-state index in [2.05, 4.69) is 24.1 Å². The molecule has 0 aliphatic heterocycles. The number of nitrogens with one attached hydrogen (secondary N) is 1. The fraction of sp³-hybridized carbons (Fsp3) is 0.467. The molecule has 5 heteroatoms. The van der Waals surface area contributed by atoms with E-state index in [9.17, 15) is 4.79 Å². The first-order chi connectivity index (χ1) is 9.72. The summed E-state index contributed by atoms with van der Waals surface area (Å²) in [6.45, 7) is 4.86. The van der Waals surface area contributed by atoms with Crippen LogP contribution in [0.4, 0.5) is 5.13 Å². The van der Waals surface area contributed by atoms with Crippen LogP contribution in [0.2, 0.25) is 0 Å². The van der Waals surface area contributed by atoms with Crippen molar-refractivity contribution in [2.75, 3.05) is 11.9 Å². The van der Waals surface area contributed by atoms with Gasteiger partial charge in [0, 0.05) is 6.42 Å². The summed E-state index contributed by atoms with van der Waals surface area (Å²) in [6.07, 6.45) is 3.47. The summed E-state index contributed by atoms with van der Waals surface area (Å²) < 4.78 is 6.63. The lowest BCUT2D eigenvalue weighted by molar-refractivity contribution is -0.116. The Hall–Kier alpha value is -1.62. The highest BCUT2D eigenvalue weighted by Gasteiger charge is 2.08. The molecule has 0 saturated carbocycles. The topological polar surface area (TPSA) is 51.2 Å². The van der Waals surface area contributed by atoms with Gasteiger partial charge in [0.05, 0.1) is 16.8 Å². The number of aromatic nitrogens is 1. The van der Waals surface area contributed by atoms with E-state index in [4.69, 9.17) is 4.74 Å². The molecule has 4 nitrogen and oxygen atoms in total. The first-order valence-corrected chi connectivity index (χ1v) is 7.87. The molecular formula is C15H20N2O2S. The second-order valence-electron chi connectivity index (χ2n) is 4.65. The van der Waals surface area contributed by atoms with Crippen molar-refractivity contribution >= 4 is 32.6 Å². The van der Waals surface area contributed by atoms with Gasteiger partial charge in [0.1, 0.15) is 5.75 Å². The molecule has 108 valence electrons. The number of amides is 1. The van der Waals surface area contributed by atoms with Crippen LogP contribution in [-0.2, 0) is 4.79 Å². The van der Waals surface area contributed by atoms with Gasteiger partial charge in [-0.2, -0.15) is 0 Å². The Morgan fingerprint density at radius 1 is 1.35 bits per heavy atom. The van der Waals surface area contributed by atoms with Gasteiger partial charge in [-0.15, -0.1) is 0 Å². The van der Waals surface area contributed by atoms with Gasteiger partial charge in [0.2, 0.25) is 5.91 Å². The smallest absolute Gasteiger partial charge is 0.226 e. The van der Waals surface area contributed by atoms with Gasteiger partial charge in [0.15, 0.2) is 5.13 Å². The van der Waals surface area contributed by atoms with E-state index in [-0.39, 0.29) is 5.91 Å². The normalized spacial score (nSPS) is 10.7. The van der Waals surface area contributed by atoms with E-state index in [1.54, 1.807) is 0 Å². The van der Waals surface area contributed by atoms with Crippen LogP contribution in [0.1, 0.15) is 39.5 Å². The number of hydrogen-bond acceptors (Lipinski definition) is 4. The molecule has 1 aromatic carbocycles. The monoisotopic (exact) mass is 292 g/mol. The highest BCUT2D eigenvalue weighted by Crippen LogP contribution is 2.29.